The van der Waals surface area contributed by atoms with Crippen molar-refractivity contribution in [2.24, 2.45) is 0 Å². The number of halogens is 1. The molecule has 1 atom stereocenters. The molecule has 2 heterocycles. The van der Waals surface area contributed by atoms with Crippen LogP contribution in [0.4, 0.5) is 10.1 Å². The lowest BCUT2D eigenvalue weighted by molar-refractivity contribution is -0.119. The summed E-state index contributed by atoms with van der Waals surface area (Å²) in [6.45, 7) is 2.12. The topological polar surface area (TPSA) is 23.6 Å². The number of anilines is 1. The van der Waals surface area contributed by atoms with Crippen LogP contribution in [-0.4, -0.2) is 30.4 Å². The van der Waals surface area contributed by atoms with Crippen LogP contribution in [0.5, 0.6) is 0 Å². The third-order valence-electron chi connectivity index (χ3n) is 5.15. The molecule has 4 rings (SSSR count). The van der Waals surface area contributed by atoms with Crippen LogP contribution in [0.25, 0.3) is 0 Å². The van der Waals surface area contributed by atoms with Crippen molar-refractivity contribution < 1.29 is 9.18 Å². The molecule has 2 aromatic carbocycles. The predicted octanol–water partition coefficient (Wildman–Crippen LogP) is 3.55. The monoisotopic (exact) mass is 324 g/mol. The summed E-state index contributed by atoms with van der Waals surface area (Å²) >= 11 is 0. The van der Waals surface area contributed by atoms with Gasteiger partial charge in [-0.2, -0.15) is 0 Å². The van der Waals surface area contributed by atoms with Crippen LogP contribution < -0.4 is 4.90 Å². The Labute approximate surface area is 141 Å². The zero-order valence-electron chi connectivity index (χ0n) is 13.6. The number of benzene rings is 2. The maximum atomic E-state index is 13.2. The van der Waals surface area contributed by atoms with Crippen molar-refractivity contribution in [2.45, 2.75) is 25.3 Å². The number of hydrogen-bond donors (Lipinski definition) is 0. The van der Waals surface area contributed by atoms with E-state index in [1.165, 1.54) is 17.7 Å². The fourth-order valence-electron chi connectivity index (χ4n) is 3.93. The van der Waals surface area contributed by atoms with Gasteiger partial charge < -0.3 is 4.90 Å². The molecule has 2 aliphatic heterocycles. The van der Waals surface area contributed by atoms with Crippen LogP contribution in [0.3, 0.4) is 0 Å². The normalized spacial score (nSPS) is 20.4. The Morgan fingerprint density at radius 1 is 1.08 bits per heavy atom. The quantitative estimate of drug-likeness (QED) is 0.862. The molecule has 2 aliphatic rings. The Morgan fingerprint density at radius 3 is 2.71 bits per heavy atom. The van der Waals surface area contributed by atoms with Gasteiger partial charge in [0.25, 0.3) is 0 Å². The lowest BCUT2D eigenvalue weighted by atomic mass is 10.0. The van der Waals surface area contributed by atoms with Crippen molar-refractivity contribution in [2.75, 3.05) is 24.5 Å². The van der Waals surface area contributed by atoms with E-state index >= 15 is 0 Å². The first-order valence-corrected chi connectivity index (χ1v) is 8.60. The highest BCUT2D eigenvalue weighted by molar-refractivity contribution is 5.96. The molecule has 1 saturated heterocycles. The number of amides is 1. The van der Waals surface area contributed by atoms with Gasteiger partial charge in [-0.15, -0.1) is 0 Å². The minimum absolute atomic E-state index is 0.161. The third kappa shape index (κ3) is 2.82. The Morgan fingerprint density at radius 2 is 1.88 bits per heavy atom. The Kier molecular flexibility index (Phi) is 4.07. The summed E-state index contributed by atoms with van der Waals surface area (Å²) in [5.74, 6) is -0.0537. The maximum Gasteiger partial charge on any atom is 0.241 e. The number of likely N-dealkylation sites (tertiary alicyclic amines) is 1. The number of fused-ring (bicyclic) bond motifs is 1. The average Bonchev–Trinajstić information content (AvgIpc) is 3.22. The summed E-state index contributed by atoms with van der Waals surface area (Å²) in [6, 6.07) is 15.0. The van der Waals surface area contributed by atoms with E-state index in [1.807, 2.05) is 35.2 Å². The van der Waals surface area contributed by atoms with Crippen molar-refractivity contribution in [3.63, 3.8) is 0 Å². The molecule has 2 aromatic rings. The SMILES string of the molecule is O=C(CN1CCC[C@H]1c1ccc(F)cc1)N1CCc2ccccc21. The first-order chi connectivity index (χ1) is 11.7. The van der Waals surface area contributed by atoms with Gasteiger partial charge in [-0.1, -0.05) is 30.3 Å². The van der Waals surface area contributed by atoms with Gasteiger partial charge in [-0.05, 0) is 55.1 Å². The summed E-state index contributed by atoms with van der Waals surface area (Å²) in [6.07, 6.45) is 3.03. The lowest BCUT2D eigenvalue weighted by Gasteiger charge is -2.27. The molecule has 0 aromatic heterocycles. The Balaban J connectivity index is 1.48. The Bertz CT molecular complexity index is 744. The van der Waals surface area contributed by atoms with Crippen molar-refractivity contribution in [1.82, 2.24) is 4.90 Å². The summed E-state index contributed by atoms with van der Waals surface area (Å²) in [4.78, 5) is 17.0. The highest BCUT2D eigenvalue weighted by atomic mass is 19.1. The standard InChI is InChI=1S/C20H21FN2O/c21-17-9-7-16(8-10-17)18-6-3-12-22(18)14-20(24)23-13-11-15-4-1-2-5-19(15)23/h1-2,4-5,7-10,18H,3,6,11-14H2/t18-/m0/s1. The number of para-hydroxylation sites is 1. The molecule has 1 amide bonds. The van der Waals surface area contributed by atoms with E-state index in [9.17, 15) is 9.18 Å². The van der Waals surface area contributed by atoms with Gasteiger partial charge >= 0.3 is 0 Å². The number of carbonyl (C=O) groups excluding carboxylic acids is 1. The van der Waals surface area contributed by atoms with E-state index in [-0.39, 0.29) is 17.8 Å². The van der Waals surface area contributed by atoms with E-state index < -0.39 is 0 Å². The molecular weight excluding hydrogens is 303 g/mol. The van der Waals surface area contributed by atoms with E-state index in [4.69, 9.17) is 0 Å². The van der Waals surface area contributed by atoms with Crippen LogP contribution in [0.1, 0.15) is 30.0 Å². The van der Waals surface area contributed by atoms with E-state index in [2.05, 4.69) is 11.0 Å². The molecular formula is C20H21FN2O. The number of rotatable bonds is 3. The second kappa shape index (κ2) is 6.36. The highest BCUT2D eigenvalue weighted by Gasteiger charge is 2.31. The maximum absolute atomic E-state index is 13.2. The van der Waals surface area contributed by atoms with Crippen LogP contribution >= 0.6 is 0 Å². The van der Waals surface area contributed by atoms with Gasteiger partial charge in [-0.3, -0.25) is 9.69 Å². The molecule has 0 saturated carbocycles. The fraction of sp³-hybridized carbons (Fsp3) is 0.350. The molecule has 0 spiro atoms. The predicted molar refractivity (Wildman–Crippen MR) is 92.4 cm³/mol. The molecule has 4 heteroatoms. The lowest BCUT2D eigenvalue weighted by Crippen LogP contribution is -2.39. The van der Waals surface area contributed by atoms with E-state index in [0.29, 0.717) is 6.54 Å². The number of nitrogens with zero attached hydrogens (tertiary/aromatic N) is 2. The fourth-order valence-corrected chi connectivity index (χ4v) is 3.93. The van der Waals surface area contributed by atoms with Gasteiger partial charge in [0.2, 0.25) is 5.91 Å². The zero-order valence-corrected chi connectivity index (χ0v) is 13.6. The second-order valence-corrected chi connectivity index (χ2v) is 6.60. The first-order valence-electron chi connectivity index (χ1n) is 8.60. The number of hydrogen-bond acceptors (Lipinski definition) is 2. The summed E-state index contributed by atoms with van der Waals surface area (Å²) < 4.78 is 13.2. The summed E-state index contributed by atoms with van der Waals surface area (Å²) in [5, 5.41) is 0. The largest absolute Gasteiger partial charge is 0.311 e. The molecule has 0 aliphatic carbocycles. The van der Waals surface area contributed by atoms with Gasteiger partial charge in [0.1, 0.15) is 5.82 Å². The van der Waals surface area contributed by atoms with Crippen molar-refractivity contribution in [3.8, 4) is 0 Å². The number of carbonyl (C=O) groups is 1. The van der Waals surface area contributed by atoms with Crippen LogP contribution in [0.2, 0.25) is 0 Å². The molecule has 124 valence electrons. The van der Waals surface area contributed by atoms with Crippen molar-refractivity contribution in [1.29, 1.82) is 0 Å². The molecule has 0 radical (unpaired) electrons. The minimum Gasteiger partial charge on any atom is -0.311 e. The minimum atomic E-state index is -0.215. The van der Waals surface area contributed by atoms with Crippen LogP contribution in [0, 0.1) is 5.82 Å². The average molecular weight is 324 g/mol. The first kappa shape index (κ1) is 15.3. The summed E-state index contributed by atoms with van der Waals surface area (Å²) in [5.41, 5.74) is 3.41. The zero-order chi connectivity index (χ0) is 16.5. The molecule has 0 unspecified atom stereocenters. The van der Waals surface area contributed by atoms with E-state index in [1.54, 1.807) is 0 Å². The molecule has 24 heavy (non-hydrogen) atoms. The molecule has 0 N–H and O–H groups in total. The smallest absolute Gasteiger partial charge is 0.241 e. The Hall–Kier alpha value is -2.20. The molecule has 1 fully saturated rings. The highest BCUT2D eigenvalue weighted by Crippen LogP contribution is 2.33. The third-order valence-corrected chi connectivity index (χ3v) is 5.15. The van der Waals surface area contributed by atoms with Crippen LogP contribution in [-0.2, 0) is 11.2 Å². The van der Waals surface area contributed by atoms with Crippen molar-refractivity contribution in [3.05, 3.63) is 65.5 Å². The van der Waals surface area contributed by atoms with Gasteiger partial charge in [-0.25, -0.2) is 4.39 Å². The van der Waals surface area contributed by atoms with Crippen molar-refractivity contribution >= 4 is 11.6 Å². The van der Waals surface area contributed by atoms with Crippen LogP contribution in [0.15, 0.2) is 48.5 Å². The molecule has 0 bridgehead atoms. The summed E-state index contributed by atoms with van der Waals surface area (Å²) in [7, 11) is 0. The van der Waals surface area contributed by atoms with E-state index in [0.717, 1.165) is 43.6 Å². The second-order valence-electron chi connectivity index (χ2n) is 6.60. The van der Waals surface area contributed by atoms with Gasteiger partial charge in [0.15, 0.2) is 0 Å². The molecule has 3 nitrogen and oxygen atoms in total. The van der Waals surface area contributed by atoms with Gasteiger partial charge in [0.05, 0.1) is 6.54 Å². The van der Waals surface area contributed by atoms with Gasteiger partial charge in [0, 0.05) is 18.3 Å².